The molecular formula is C14H22O4. The lowest BCUT2D eigenvalue weighted by Crippen LogP contribution is -2.28. The predicted molar refractivity (Wildman–Crippen MR) is 66.3 cm³/mol. The molecule has 0 radical (unpaired) electrons. The van der Waals surface area contributed by atoms with Gasteiger partial charge in [0, 0.05) is 12.3 Å². The Morgan fingerprint density at radius 3 is 2.61 bits per heavy atom. The van der Waals surface area contributed by atoms with E-state index >= 15 is 0 Å². The maximum absolute atomic E-state index is 11.1. The maximum Gasteiger partial charge on any atom is 0.303 e. The number of hydrogen-bond acceptors (Lipinski definition) is 3. The van der Waals surface area contributed by atoms with E-state index in [1.54, 1.807) is 0 Å². The molecule has 0 spiro atoms. The minimum absolute atomic E-state index is 0.114. The van der Waals surface area contributed by atoms with Crippen LogP contribution >= 0.6 is 0 Å². The van der Waals surface area contributed by atoms with Crippen LogP contribution in [-0.4, -0.2) is 29.6 Å². The molecule has 4 atom stereocenters. The highest BCUT2D eigenvalue weighted by Crippen LogP contribution is 2.44. The van der Waals surface area contributed by atoms with E-state index in [0.29, 0.717) is 12.0 Å². The summed E-state index contributed by atoms with van der Waals surface area (Å²) in [5.74, 6) is -0.180. The van der Waals surface area contributed by atoms with E-state index in [1.807, 2.05) is 0 Å². The van der Waals surface area contributed by atoms with Crippen LogP contribution in [0.1, 0.15) is 51.4 Å². The molecule has 0 unspecified atom stereocenters. The highest BCUT2D eigenvalue weighted by atomic mass is 16.5. The van der Waals surface area contributed by atoms with Crippen molar-refractivity contribution in [3.63, 3.8) is 0 Å². The van der Waals surface area contributed by atoms with Crippen molar-refractivity contribution in [2.45, 2.75) is 63.6 Å². The second kappa shape index (κ2) is 6.32. The number of hydrogen-bond donors (Lipinski definition) is 1. The van der Waals surface area contributed by atoms with Crippen molar-refractivity contribution in [1.82, 2.24) is 0 Å². The summed E-state index contributed by atoms with van der Waals surface area (Å²) in [4.78, 5) is 21.4. The van der Waals surface area contributed by atoms with E-state index in [0.717, 1.165) is 51.2 Å². The van der Waals surface area contributed by atoms with Crippen LogP contribution in [0.4, 0.5) is 0 Å². The molecule has 4 nitrogen and oxygen atoms in total. The first-order valence-corrected chi connectivity index (χ1v) is 7.05. The van der Waals surface area contributed by atoms with Gasteiger partial charge in [-0.2, -0.15) is 0 Å². The zero-order chi connectivity index (χ0) is 13.0. The molecule has 0 aliphatic carbocycles. The highest BCUT2D eigenvalue weighted by Gasteiger charge is 2.48. The fourth-order valence-corrected chi connectivity index (χ4v) is 3.39. The van der Waals surface area contributed by atoms with Crippen LogP contribution in [0, 0.1) is 11.8 Å². The molecule has 2 aliphatic heterocycles. The number of fused-ring (bicyclic) bond motifs is 2. The first-order chi connectivity index (χ1) is 8.72. The molecule has 18 heavy (non-hydrogen) atoms. The summed E-state index contributed by atoms with van der Waals surface area (Å²) in [5, 5.41) is 8.53. The lowest BCUT2D eigenvalue weighted by atomic mass is 9.77. The molecule has 1 N–H and O–H groups in total. The van der Waals surface area contributed by atoms with E-state index in [2.05, 4.69) is 0 Å². The van der Waals surface area contributed by atoms with Gasteiger partial charge in [-0.3, -0.25) is 4.79 Å². The standard InChI is InChI=1S/C14H22O4/c15-9-11-10(12-7-8-13(11)18-12)5-3-1-2-4-6-14(16)17/h9-13H,1-8H2,(H,16,17)/t10-,11+,12-,13-/m0/s1. The van der Waals surface area contributed by atoms with E-state index in [9.17, 15) is 9.59 Å². The van der Waals surface area contributed by atoms with Crippen LogP contribution in [0.25, 0.3) is 0 Å². The largest absolute Gasteiger partial charge is 0.481 e. The quantitative estimate of drug-likeness (QED) is 0.533. The average Bonchev–Trinajstić information content (AvgIpc) is 2.93. The molecule has 0 saturated carbocycles. The molecule has 4 heteroatoms. The smallest absolute Gasteiger partial charge is 0.303 e. The maximum atomic E-state index is 11.1. The van der Waals surface area contributed by atoms with Gasteiger partial charge in [-0.1, -0.05) is 19.3 Å². The van der Waals surface area contributed by atoms with Crippen LogP contribution < -0.4 is 0 Å². The Morgan fingerprint density at radius 1 is 1.17 bits per heavy atom. The van der Waals surface area contributed by atoms with Crippen LogP contribution in [0.15, 0.2) is 0 Å². The summed E-state index contributed by atoms with van der Waals surface area (Å²) < 4.78 is 5.79. The Bertz CT molecular complexity index is 302. The van der Waals surface area contributed by atoms with Crippen molar-refractivity contribution in [2.75, 3.05) is 0 Å². The Kier molecular flexibility index (Phi) is 4.75. The molecule has 2 bridgehead atoms. The summed E-state index contributed by atoms with van der Waals surface area (Å²) in [5.41, 5.74) is 0. The van der Waals surface area contributed by atoms with Crippen molar-refractivity contribution in [2.24, 2.45) is 11.8 Å². The molecule has 2 saturated heterocycles. The lowest BCUT2D eigenvalue weighted by molar-refractivity contribution is -0.137. The van der Waals surface area contributed by atoms with E-state index in [1.165, 1.54) is 0 Å². The molecule has 0 aromatic heterocycles. The number of carbonyl (C=O) groups is 2. The Hall–Kier alpha value is -0.900. The zero-order valence-corrected chi connectivity index (χ0v) is 10.7. The number of aliphatic carboxylic acids is 1. The summed E-state index contributed by atoms with van der Waals surface area (Å²) in [6.45, 7) is 0. The fraction of sp³-hybridized carbons (Fsp3) is 0.857. The summed E-state index contributed by atoms with van der Waals surface area (Å²) in [6, 6.07) is 0. The molecule has 0 aromatic carbocycles. The Balaban J connectivity index is 1.61. The minimum atomic E-state index is -0.711. The molecule has 2 rings (SSSR count). The van der Waals surface area contributed by atoms with Crippen LogP contribution in [0.5, 0.6) is 0 Å². The number of carboxylic acids is 1. The van der Waals surface area contributed by atoms with Gasteiger partial charge in [0.05, 0.1) is 12.2 Å². The summed E-state index contributed by atoms with van der Waals surface area (Å²) >= 11 is 0. The topological polar surface area (TPSA) is 63.6 Å². The van der Waals surface area contributed by atoms with Gasteiger partial charge in [0.15, 0.2) is 0 Å². The zero-order valence-electron chi connectivity index (χ0n) is 10.7. The third-order valence-electron chi connectivity index (χ3n) is 4.32. The normalized spacial score (nSPS) is 33.8. The number of rotatable bonds is 8. The highest BCUT2D eigenvalue weighted by molar-refractivity contribution is 5.66. The fourth-order valence-electron chi connectivity index (χ4n) is 3.39. The van der Waals surface area contributed by atoms with E-state index in [4.69, 9.17) is 9.84 Å². The first-order valence-electron chi connectivity index (χ1n) is 7.05. The van der Waals surface area contributed by atoms with Crippen molar-refractivity contribution >= 4 is 12.3 Å². The van der Waals surface area contributed by atoms with Crippen molar-refractivity contribution < 1.29 is 19.4 Å². The number of unbranched alkanes of at least 4 members (excludes halogenated alkanes) is 3. The molecule has 102 valence electrons. The Labute approximate surface area is 108 Å². The molecule has 2 aliphatic rings. The second-order valence-corrected chi connectivity index (χ2v) is 5.51. The van der Waals surface area contributed by atoms with Gasteiger partial charge in [-0.05, 0) is 31.6 Å². The number of carboxylic acid groups (broad SMARTS) is 1. The van der Waals surface area contributed by atoms with Crippen molar-refractivity contribution in [3.05, 3.63) is 0 Å². The monoisotopic (exact) mass is 254 g/mol. The SMILES string of the molecule is O=C[C@@H]1[C@H](CCCCCCC(=O)O)[C@@H]2CC[C@@H]1O2. The molecule has 0 aromatic rings. The van der Waals surface area contributed by atoms with Gasteiger partial charge in [-0.25, -0.2) is 0 Å². The van der Waals surface area contributed by atoms with Gasteiger partial charge in [-0.15, -0.1) is 0 Å². The third-order valence-corrected chi connectivity index (χ3v) is 4.32. The molecule has 0 amide bonds. The molecular weight excluding hydrogens is 232 g/mol. The van der Waals surface area contributed by atoms with Gasteiger partial charge in [0.2, 0.25) is 0 Å². The van der Waals surface area contributed by atoms with Crippen LogP contribution in [0.2, 0.25) is 0 Å². The first kappa shape index (κ1) is 13.5. The van der Waals surface area contributed by atoms with Gasteiger partial charge < -0.3 is 14.6 Å². The second-order valence-electron chi connectivity index (χ2n) is 5.51. The summed E-state index contributed by atoms with van der Waals surface area (Å²) in [6.07, 6.45) is 8.94. The van der Waals surface area contributed by atoms with E-state index in [-0.39, 0.29) is 18.4 Å². The third kappa shape index (κ3) is 3.10. The van der Waals surface area contributed by atoms with Gasteiger partial charge >= 0.3 is 5.97 Å². The number of ether oxygens (including phenoxy) is 1. The predicted octanol–water partition coefficient (Wildman–Crippen LogP) is 2.40. The minimum Gasteiger partial charge on any atom is -0.481 e. The number of carbonyl (C=O) groups excluding carboxylic acids is 1. The van der Waals surface area contributed by atoms with Crippen molar-refractivity contribution in [3.8, 4) is 0 Å². The molecule has 2 fully saturated rings. The Morgan fingerprint density at radius 2 is 1.89 bits per heavy atom. The molecule has 2 heterocycles. The summed E-state index contributed by atoms with van der Waals surface area (Å²) in [7, 11) is 0. The van der Waals surface area contributed by atoms with Crippen molar-refractivity contribution in [1.29, 1.82) is 0 Å². The number of aldehydes is 1. The van der Waals surface area contributed by atoms with Crippen LogP contribution in [-0.2, 0) is 14.3 Å². The average molecular weight is 254 g/mol. The lowest BCUT2D eigenvalue weighted by Gasteiger charge is -2.23. The van der Waals surface area contributed by atoms with Gasteiger partial charge in [0.25, 0.3) is 0 Å². The van der Waals surface area contributed by atoms with E-state index < -0.39 is 5.97 Å². The van der Waals surface area contributed by atoms with Crippen LogP contribution in [0.3, 0.4) is 0 Å². The van der Waals surface area contributed by atoms with Gasteiger partial charge in [0.1, 0.15) is 6.29 Å².